The molecule has 1 aromatic carbocycles. The van der Waals surface area contributed by atoms with Crippen LogP contribution in [-0.4, -0.2) is 20.2 Å². The van der Waals surface area contributed by atoms with Crippen LogP contribution in [0.25, 0.3) is 0 Å². The Balaban J connectivity index is -0.000000415. The number of benzene rings is 1. The number of phenols is 1. The molecular formula is C19H26Cl2OSiTi-2. The minimum absolute atomic E-state index is 0. The van der Waals surface area contributed by atoms with Crippen LogP contribution in [0, 0.1) is 26.8 Å². The molecule has 24 heavy (non-hydrogen) atoms. The van der Waals surface area contributed by atoms with Crippen LogP contribution >= 0.6 is 0 Å². The summed E-state index contributed by atoms with van der Waals surface area (Å²) in [6.07, 6.45) is 10.0. The summed E-state index contributed by atoms with van der Waals surface area (Å²) in [4.78, 5) is 3.25. The van der Waals surface area contributed by atoms with E-state index < -0.39 is 0 Å². The summed E-state index contributed by atoms with van der Waals surface area (Å²) in [5.74, 6) is 0.375. The van der Waals surface area contributed by atoms with E-state index in [4.69, 9.17) is 0 Å². The first-order chi connectivity index (χ1) is 10.2. The molecule has 132 valence electrons. The van der Waals surface area contributed by atoms with Crippen molar-refractivity contribution in [2.45, 2.75) is 53.4 Å². The van der Waals surface area contributed by atoms with E-state index in [2.05, 4.69) is 61.8 Å². The predicted octanol–water partition coefficient (Wildman–Crippen LogP) is -2.31. The first-order valence-corrected chi connectivity index (χ1v) is 8.90. The maximum absolute atomic E-state index is 10.0. The molecule has 0 fully saturated rings. The first-order valence-electron chi connectivity index (χ1n) is 7.29. The summed E-state index contributed by atoms with van der Waals surface area (Å²) >= 11 is 1.75. The molecule has 0 saturated heterocycles. The van der Waals surface area contributed by atoms with Crippen molar-refractivity contribution in [1.29, 1.82) is 0 Å². The molecule has 5 heteroatoms. The summed E-state index contributed by atoms with van der Waals surface area (Å²) < 4.78 is 0. The molecule has 0 aliphatic heterocycles. The van der Waals surface area contributed by atoms with Gasteiger partial charge in [-0.05, 0) is 53.6 Å². The number of hydrogen-bond donors (Lipinski definition) is 1. The molecule has 2 rings (SSSR count). The summed E-state index contributed by atoms with van der Waals surface area (Å²) in [6.45, 7) is 12.6. The molecule has 1 nitrogen and oxygen atoms in total. The molecule has 1 N–H and O–H groups in total. The third-order valence-corrected chi connectivity index (χ3v) is 4.16. The van der Waals surface area contributed by atoms with Crippen LogP contribution in [0.1, 0.15) is 49.4 Å². The van der Waals surface area contributed by atoms with Crippen molar-refractivity contribution in [2.75, 3.05) is 0 Å². The van der Waals surface area contributed by atoms with Crippen LogP contribution < -0.4 is 30.0 Å². The molecule has 0 aromatic heterocycles. The predicted molar refractivity (Wildman–Crippen MR) is 95.1 cm³/mol. The molecular weight excluding hydrogens is 391 g/mol. The van der Waals surface area contributed by atoms with E-state index in [1.807, 2.05) is 19.1 Å². The number of rotatable bonds is 0. The minimum atomic E-state index is 0. The van der Waals surface area contributed by atoms with E-state index in [9.17, 15) is 5.11 Å². The second-order valence-electron chi connectivity index (χ2n) is 6.23. The van der Waals surface area contributed by atoms with Gasteiger partial charge < -0.3 is 29.9 Å². The normalized spacial score (nSPS) is 11.4. The average Bonchev–Trinajstić information content (AvgIpc) is 3.03. The van der Waals surface area contributed by atoms with E-state index >= 15 is 0 Å². The molecule has 0 amide bonds. The summed E-state index contributed by atoms with van der Waals surface area (Å²) in [6, 6.07) is 0. The fraction of sp³-hybridized carbons (Fsp3) is 0.421. The van der Waals surface area contributed by atoms with Gasteiger partial charge in [0, 0.05) is 0 Å². The molecule has 0 bridgehead atoms. The summed E-state index contributed by atoms with van der Waals surface area (Å²) in [5, 5.41) is 10.8. The molecule has 1 aliphatic carbocycles. The third-order valence-electron chi connectivity index (χ3n) is 3.68. The average molecular weight is 417 g/mol. The Hall–Kier alpha value is -0.119. The second kappa shape index (κ2) is 13.1. The molecule has 1 aromatic rings. The number of hydrogen-bond acceptors (Lipinski definition) is 1. The van der Waals surface area contributed by atoms with Gasteiger partial charge in [0.15, 0.2) is 0 Å². The Bertz CT molecular complexity index is 537. The van der Waals surface area contributed by atoms with Gasteiger partial charge >= 0.3 is 24.8 Å². The molecule has 0 saturated carbocycles. The molecule has 0 atom stereocenters. The maximum Gasteiger partial charge on any atom is -1.00 e. The van der Waals surface area contributed by atoms with Crippen molar-refractivity contribution in [3.63, 3.8) is 0 Å². The van der Waals surface area contributed by atoms with Crippen LogP contribution in [0.15, 0.2) is 18.2 Å². The van der Waals surface area contributed by atoms with Crippen LogP contribution in [0.4, 0.5) is 0 Å². The zero-order valence-corrected chi connectivity index (χ0v) is 19.4. The molecule has 0 spiro atoms. The van der Waals surface area contributed by atoms with Gasteiger partial charge in [0.2, 0.25) is 0 Å². The Morgan fingerprint density at radius 2 is 1.58 bits per heavy atom. The summed E-state index contributed by atoms with van der Waals surface area (Å²) in [5.41, 5.74) is 4.64. The van der Waals surface area contributed by atoms with Crippen molar-refractivity contribution >= 4 is 20.2 Å². The van der Waals surface area contributed by atoms with Gasteiger partial charge in [-0.2, -0.15) is 6.08 Å². The number of phenolic OH excluding ortho intramolecular Hbond substituents is 1. The van der Waals surface area contributed by atoms with E-state index in [1.165, 1.54) is 16.7 Å². The minimum Gasteiger partial charge on any atom is -1.00 e. The van der Waals surface area contributed by atoms with E-state index in [0.717, 1.165) is 17.2 Å². The molecule has 3 radical (unpaired) electrons. The van der Waals surface area contributed by atoms with E-state index in [-0.39, 0.29) is 30.2 Å². The van der Waals surface area contributed by atoms with Crippen molar-refractivity contribution in [3.05, 3.63) is 46.6 Å². The maximum atomic E-state index is 10.0. The standard InChI is InChI=1S/C13H19OSi.C5H5.CH2.2ClH.Ti/c1-7-8(2)10(13(4,5)6)12(15)11(14)9(7)3;1-2-4-5-3-1;;;;/h14H,1-6H3;1-3H,4H2;1H2;2*1H;/q;-1;;;;+1/p-2. The number of halogens is 2. The Kier molecular flexibility index (Phi) is 15.7. The number of aromatic hydroxyl groups is 1. The van der Waals surface area contributed by atoms with E-state index in [0.29, 0.717) is 5.75 Å². The van der Waals surface area contributed by atoms with Gasteiger partial charge in [-0.1, -0.05) is 20.8 Å². The monoisotopic (exact) mass is 416 g/mol. The van der Waals surface area contributed by atoms with Crippen molar-refractivity contribution in [1.82, 2.24) is 0 Å². The largest absolute Gasteiger partial charge is 1.00 e. The van der Waals surface area contributed by atoms with Crippen LogP contribution in [0.3, 0.4) is 0 Å². The van der Waals surface area contributed by atoms with Gasteiger partial charge in [-0.25, -0.2) is 12.2 Å². The van der Waals surface area contributed by atoms with Gasteiger partial charge in [-0.15, -0.1) is 6.42 Å². The van der Waals surface area contributed by atoms with Gasteiger partial charge in [0.05, 0.1) is 10.2 Å². The van der Waals surface area contributed by atoms with Crippen LogP contribution in [0.5, 0.6) is 5.75 Å². The van der Waals surface area contributed by atoms with Crippen molar-refractivity contribution < 1.29 is 49.9 Å². The van der Waals surface area contributed by atoms with Gasteiger partial charge in [-0.3, -0.25) is 6.08 Å². The van der Waals surface area contributed by atoms with Gasteiger partial charge in [0.1, 0.15) is 5.75 Å². The molecule has 1 aliphatic rings. The van der Waals surface area contributed by atoms with Crippen molar-refractivity contribution in [2.24, 2.45) is 0 Å². The van der Waals surface area contributed by atoms with Gasteiger partial charge in [0.25, 0.3) is 0 Å². The fourth-order valence-electron chi connectivity index (χ4n) is 2.42. The quantitative estimate of drug-likeness (QED) is 0.372. The first kappa shape index (κ1) is 28.7. The van der Waals surface area contributed by atoms with E-state index in [1.54, 1.807) is 20.0 Å². The smallest absolute Gasteiger partial charge is 1.00 e. The third kappa shape index (κ3) is 7.84. The molecule has 0 unspecified atom stereocenters. The topological polar surface area (TPSA) is 20.2 Å². The molecule has 0 heterocycles. The Morgan fingerprint density at radius 3 is 1.88 bits per heavy atom. The zero-order chi connectivity index (χ0) is 17.5. The van der Waals surface area contributed by atoms with Crippen LogP contribution in [-0.2, 0) is 25.4 Å². The SMILES string of the molecule is Cc1c(C)c(O)c([Si])c(C(C)(C)C)c1C.[C-]1=CC=CC1.[CH2]=[Ti+].[Cl-].[Cl-]. The zero-order valence-electron chi connectivity index (χ0n) is 15.3. The van der Waals surface area contributed by atoms with Crippen molar-refractivity contribution in [3.8, 4) is 5.75 Å². The van der Waals surface area contributed by atoms with Crippen LogP contribution in [0.2, 0.25) is 0 Å². The Labute approximate surface area is 175 Å². The Morgan fingerprint density at radius 1 is 1.08 bits per heavy atom. The summed E-state index contributed by atoms with van der Waals surface area (Å²) in [7, 11) is 3.56. The second-order valence-corrected chi connectivity index (χ2v) is 6.73. The fourth-order valence-corrected chi connectivity index (χ4v) is 3.17. The number of allylic oxidation sites excluding steroid dienone is 4.